The summed E-state index contributed by atoms with van der Waals surface area (Å²) < 4.78 is 5.34. The summed E-state index contributed by atoms with van der Waals surface area (Å²) in [6.45, 7) is 5.02. The number of anilines is 2. The number of Topliss-reactive ketones (excluding diaryl/α,β-unsaturated/α-hetero) is 1. The molecule has 2 aliphatic rings. The lowest BCUT2D eigenvalue weighted by atomic mass is 10.0. The topological polar surface area (TPSA) is 110 Å². The van der Waals surface area contributed by atoms with Gasteiger partial charge in [-0.25, -0.2) is 4.79 Å². The summed E-state index contributed by atoms with van der Waals surface area (Å²) in [5, 5.41) is 11.6. The van der Waals surface area contributed by atoms with E-state index in [0.717, 1.165) is 37.2 Å². The van der Waals surface area contributed by atoms with Crippen molar-refractivity contribution in [1.82, 2.24) is 0 Å². The normalized spacial score (nSPS) is 15.8. The summed E-state index contributed by atoms with van der Waals surface area (Å²) in [5.74, 6) is -1.23. The summed E-state index contributed by atoms with van der Waals surface area (Å²) in [4.78, 5) is 51.9. The Kier molecular flexibility index (Phi) is 6.13. The minimum atomic E-state index is -1.07. The molecule has 9 nitrogen and oxygen atoms in total. The van der Waals surface area contributed by atoms with Crippen LogP contribution in [0.5, 0.6) is 0 Å². The molecule has 1 atom stereocenters. The van der Waals surface area contributed by atoms with E-state index in [1.807, 2.05) is 4.90 Å². The Morgan fingerprint density at radius 3 is 2.33 bits per heavy atom. The monoisotopic (exact) mass is 451 g/mol. The van der Waals surface area contributed by atoms with Crippen molar-refractivity contribution < 1.29 is 24.0 Å². The average molecular weight is 451 g/mol. The number of rotatable bonds is 6. The highest BCUT2D eigenvalue weighted by Gasteiger charge is 2.28. The summed E-state index contributed by atoms with van der Waals surface area (Å²) in [6, 6.07) is 9.33. The first-order valence-corrected chi connectivity index (χ1v) is 11.0. The summed E-state index contributed by atoms with van der Waals surface area (Å²) in [7, 11) is 0. The maximum absolute atomic E-state index is 12.9. The van der Waals surface area contributed by atoms with Crippen LogP contribution in [0.2, 0.25) is 0 Å². The van der Waals surface area contributed by atoms with Crippen molar-refractivity contribution in [2.24, 2.45) is 0 Å². The van der Waals surface area contributed by atoms with Crippen molar-refractivity contribution in [2.75, 3.05) is 29.4 Å². The molecule has 0 radical (unpaired) electrons. The van der Waals surface area contributed by atoms with E-state index in [2.05, 4.69) is 0 Å². The van der Waals surface area contributed by atoms with Gasteiger partial charge in [0.2, 0.25) is 11.7 Å². The highest BCUT2D eigenvalue weighted by molar-refractivity contribution is 6.03. The van der Waals surface area contributed by atoms with Gasteiger partial charge >= 0.3 is 5.97 Å². The van der Waals surface area contributed by atoms with Gasteiger partial charge in [0.05, 0.1) is 10.5 Å². The molecule has 2 aliphatic heterocycles. The number of nitrogens with zero attached hydrogens (tertiary/aromatic N) is 3. The number of ketones is 1. The van der Waals surface area contributed by atoms with E-state index in [4.69, 9.17) is 4.74 Å². The molecule has 1 amide bonds. The second-order valence-electron chi connectivity index (χ2n) is 8.33. The van der Waals surface area contributed by atoms with E-state index in [9.17, 15) is 24.5 Å². The number of nitro groups is 1. The molecule has 172 valence electrons. The van der Waals surface area contributed by atoms with E-state index in [1.54, 1.807) is 29.2 Å². The van der Waals surface area contributed by atoms with Crippen LogP contribution in [-0.2, 0) is 16.0 Å². The molecule has 1 saturated heterocycles. The first-order valence-electron chi connectivity index (χ1n) is 11.0. The number of carbonyl (C=O) groups excluding carboxylic acids is 3. The molecule has 0 aliphatic carbocycles. The van der Waals surface area contributed by atoms with Crippen molar-refractivity contribution in [2.45, 2.75) is 39.2 Å². The van der Waals surface area contributed by atoms with Crippen LogP contribution in [0.25, 0.3) is 0 Å². The first-order chi connectivity index (χ1) is 15.8. The molecule has 2 aromatic carbocycles. The summed E-state index contributed by atoms with van der Waals surface area (Å²) >= 11 is 0. The number of nitro benzene ring substituents is 1. The number of carbonyl (C=O) groups is 3. The third kappa shape index (κ3) is 4.44. The van der Waals surface area contributed by atoms with Gasteiger partial charge in [0.1, 0.15) is 5.69 Å². The van der Waals surface area contributed by atoms with Crippen molar-refractivity contribution in [3.05, 3.63) is 63.2 Å². The van der Waals surface area contributed by atoms with E-state index >= 15 is 0 Å². The fourth-order valence-corrected chi connectivity index (χ4v) is 4.42. The Bertz CT molecular complexity index is 1140. The number of hydrogen-bond acceptors (Lipinski definition) is 7. The zero-order valence-electron chi connectivity index (χ0n) is 18.6. The molecule has 0 saturated carbocycles. The molecule has 0 aromatic heterocycles. The maximum atomic E-state index is 12.9. The van der Waals surface area contributed by atoms with Crippen LogP contribution in [0.3, 0.4) is 0 Å². The zero-order chi connectivity index (χ0) is 23.7. The van der Waals surface area contributed by atoms with Gasteiger partial charge in [0.25, 0.3) is 5.69 Å². The fraction of sp³-hybridized carbons (Fsp3) is 0.375. The third-order valence-electron chi connectivity index (χ3n) is 6.15. The van der Waals surface area contributed by atoms with Crippen LogP contribution in [0.4, 0.5) is 17.1 Å². The van der Waals surface area contributed by atoms with Crippen LogP contribution >= 0.6 is 0 Å². The van der Waals surface area contributed by atoms with Gasteiger partial charge in [-0.15, -0.1) is 0 Å². The van der Waals surface area contributed by atoms with E-state index < -0.39 is 17.0 Å². The molecule has 33 heavy (non-hydrogen) atoms. The molecular weight excluding hydrogens is 426 g/mol. The quantitative estimate of drug-likeness (QED) is 0.286. The lowest BCUT2D eigenvalue weighted by Gasteiger charge is -2.18. The van der Waals surface area contributed by atoms with E-state index in [1.165, 1.54) is 26.0 Å². The van der Waals surface area contributed by atoms with Gasteiger partial charge in [-0.1, -0.05) is 0 Å². The minimum absolute atomic E-state index is 0.0235. The van der Waals surface area contributed by atoms with Gasteiger partial charge in [-0.2, -0.15) is 0 Å². The van der Waals surface area contributed by atoms with Crippen LogP contribution < -0.4 is 9.80 Å². The molecule has 4 rings (SSSR count). The Morgan fingerprint density at radius 1 is 1.00 bits per heavy atom. The first kappa shape index (κ1) is 22.4. The van der Waals surface area contributed by atoms with Crippen molar-refractivity contribution in [3.8, 4) is 0 Å². The minimum Gasteiger partial charge on any atom is -0.451 e. The second kappa shape index (κ2) is 9.01. The largest absolute Gasteiger partial charge is 0.451 e. The fourth-order valence-electron chi connectivity index (χ4n) is 4.42. The van der Waals surface area contributed by atoms with E-state index in [-0.39, 0.29) is 22.9 Å². The van der Waals surface area contributed by atoms with Crippen molar-refractivity contribution >= 4 is 34.7 Å². The number of fused-ring (bicyclic) bond motifs is 1. The number of esters is 1. The standard InChI is InChI=1S/C24H25N3O6/c1-15(23(29)18-5-7-20-17(13-18)9-12-26(20)16(2)28)33-24(30)19-6-8-21(22(14-19)27(31)32)25-10-3-4-11-25/h5-8,13-15H,3-4,9-12H2,1-2H3/t15-/m1/s1. The maximum Gasteiger partial charge on any atom is 0.339 e. The van der Waals surface area contributed by atoms with Gasteiger partial charge in [-0.05, 0) is 62.1 Å². The van der Waals surface area contributed by atoms with Crippen molar-refractivity contribution in [1.29, 1.82) is 0 Å². The molecule has 0 unspecified atom stereocenters. The molecule has 0 spiro atoms. The molecular formula is C24H25N3O6. The van der Waals surface area contributed by atoms with Gasteiger partial charge in [0.15, 0.2) is 6.10 Å². The second-order valence-corrected chi connectivity index (χ2v) is 8.33. The highest BCUT2D eigenvalue weighted by Crippen LogP contribution is 2.32. The molecule has 0 N–H and O–H groups in total. The number of amides is 1. The summed E-state index contributed by atoms with van der Waals surface area (Å²) in [5.41, 5.74) is 2.41. The Hall–Kier alpha value is -3.75. The lowest BCUT2D eigenvalue weighted by molar-refractivity contribution is -0.384. The van der Waals surface area contributed by atoms with E-state index in [0.29, 0.717) is 24.2 Å². The predicted octanol–water partition coefficient (Wildman–Crippen LogP) is 3.53. The third-order valence-corrected chi connectivity index (χ3v) is 6.15. The molecule has 1 fully saturated rings. The lowest BCUT2D eigenvalue weighted by Crippen LogP contribution is -2.26. The van der Waals surface area contributed by atoms with Gasteiger partial charge in [0, 0.05) is 43.9 Å². The zero-order valence-corrected chi connectivity index (χ0v) is 18.6. The van der Waals surface area contributed by atoms with Crippen LogP contribution in [0, 0.1) is 10.1 Å². The number of ether oxygens (including phenoxy) is 1. The Morgan fingerprint density at radius 2 is 1.67 bits per heavy atom. The molecule has 9 heteroatoms. The Labute approximate surface area is 191 Å². The molecule has 2 heterocycles. The SMILES string of the molecule is CC(=O)N1CCc2cc(C(=O)[C@@H](C)OC(=O)c3ccc(N4CCCC4)c([N+](=O)[O-])c3)ccc21. The Balaban J connectivity index is 1.48. The van der Waals surface area contributed by atoms with Crippen LogP contribution in [0.15, 0.2) is 36.4 Å². The predicted molar refractivity (Wildman–Crippen MR) is 122 cm³/mol. The van der Waals surface area contributed by atoms with Crippen LogP contribution in [0.1, 0.15) is 53.0 Å². The highest BCUT2D eigenvalue weighted by atomic mass is 16.6. The number of benzene rings is 2. The molecule has 0 bridgehead atoms. The van der Waals surface area contributed by atoms with Gasteiger partial charge < -0.3 is 14.5 Å². The molecule has 2 aromatic rings. The van der Waals surface area contributed by atoms with Crippen LogP contribution in [-0.4, -0.2) is 48.3 Å². The smallest absolute Gasteiger partial charge is 0.339 e. The summed E-state index contributed by atoms with van der Waals surface area (Å²) in [6.07, 6.45) is 1.52. The van der Waals surface area contributed by atoms with Crippen molar-refractivity contribution in [3.63, 3.8) is 0 Å². The average Bonchev–Trinajstić information content (AvgIpc) is 3.47. The number of hydrogen-bond donors (Lipinski definition) is 0. The van der Waals surface area contributed by atoms with Gasteiger partial charge in [-0.3, -0.25) is 19.7 Å².